The van der Waals surface area contributed by atoms with Crippen LogP contribution in [0.5, 0.6) is 17.5 Å². The number of tetrazole rings is 1. The zero-order valence-electron chi connectivity index (χ0n) is 8.91. The molecule has 0 aliphatic carbocycles. The van der Waals surface area contributed by atoms with Crippen molar-refractivity contribution in [1.29, 1.82) is 0 Å². The van der Waals surface area contributed by atoms with Crippen LogP contribution >= 0.6 is 0 Å². The van der Waals surface area contributed by atoms with Crippen LogP contribution in [0.15, 0.2) is 18.2 Å². The lowest BCUT2D eigenvalue weighted by atomic mass is 10.3. The van der Waals surface area contributed by atoms with Gasteiger partial charge in [0.15, 0.2) is 5.75 Å². The third kappa shape index (κ3) is 1.88. The van der Waals surface area contributed by atoms with E-state index in [4.69, 9.17) is 15.2 Å². The second-order valence-corrected chi connectivity index (χ2v) is 3.09. The quantitative estimate of drug-likeness (QED) is 0.763. The van der Waals surface area contributed by atoms with Crippen LogP contribution in [0.3, 0.4) is 0 Å². The van der Waals surface area contributed by atoms with Crippen LogP contribution in [0.1, 0.15) is 0 Å². The molecule has 1 heterocycles. The van der Waals surface area contributed by atoms with Crippen molar-refractivity contribution in [1.82, 2.24) is 20.2 Å². The maximum atomic E-state index is 5.75. The Hall–Kier alpha value is -2.31. The van der Waals surface area contributed by atoms with Crippen molar-refractivity contribution in [3.8, 4) is 17.5 Å². The summed E-state index contributed by atoms with van der Waals surface area (Å²) < 4.78 is 11.9. The number of nitrogens with zero attached hydrogens (tertiary/aromatic N) is 4. The first-order chi connectivity index (χ1) is 7.70. The number of aromatic nitrogens is 4. The van der Waals surface area contributed by atoms with Gasteiger partial charge in [-0.2, -0.15) is 4.68 Å². The van der Waals surface area contributed by atoms with E-state index in [-0.39, 0.29) is 6.01 Å². The molecular weight excluding hydrogens is 210 g/mol. The standard InChI is InChI=1S/C9H11N5O2/c1-14-9(11-12-13-14)16-8-5-6(15-2)3-4-7(8)10/h3-5H,10H2,1-2H3. The molecule has 0 aliphatic heterocycles. The molecule has 2 N–H and O–H groups in total. The summed E-state index contributed by atoms with van der Waals surface area (Å²) >= 11 is 0. The molecule has 0 fully saturated rings. The van der Waals surface area contributed by atoms with E-state index < -0.39 is 0 Å². The van der Waals surface area contributed by atoms with Crippen LogP contribution in [-0.4, -0.2) is 27.3 Å². The Morgan fingerprint density at radius 3 is 2.81 bits per heavy atom. The highest BCUT2D eigenvalue weighted by Crippen LogP contribution is 2.29. The third-order valence-corrected chi connectivity index (χ3v) is 2.00. The summed E-state index contributed by atoms with van der Waals surface area (Å²) in [4.78, 5) is 0. The number of methoxy groups -OCH3 is 1. The SMILES string of the molecule is COc1ccc(N)c(Oc2nnnn2C)c1. The summed E-state index contributed by atoms with van der Waals surface area (Å²) in [6.45, 7) is 0. The topological polar surface area (TPSA) is 88.1 Å². The van der Waals surface area contributed by atoms with Crippen LogP contribution in [-0.2, 0) is 7.05 Å². The molecule has 0 radical (unpaired) electrons. The van der Waals surface area contributed by atoms with Gasteiger partial charge in [0.25, 0.3) is 0 Å². The Bertz CT molecular complexity index is 496. The highest BCUT2D eigenvalue weighted by Gasteiger charge is 2.08. The minimum atomic E-state index is 0.264. The lowest BCUT2D eigenvalue weighted by molar-refractivity contribution is 0.397. The van der Waals surface area contributed by atoms with Gasteiger partial charge in [-0.3, -0.25) is 0 Å². The summed E-state index contributed by atoms with van der Waals surface area (Å²) in [6, 6.07) is 5.37. The van der Waals surface area contributed by atoms with Crippen molar-refractivity contribution in [2.24, 2.45) is 7.05 Å². The minimum absolute atomic E-state index is 0.264. The van der Waals surface area contributed by atoms with Crippen molar-refractivity contribution in [3.63, 3.8) is 0 Å². The van der Waals surface area contributed by atoms with Gasteiger partial charge in [-0.05, 0) is 22.6 Å². The van der Waals surface area contributed by atoms with E-state index >= 15 is 0 Å². The molecule has 0 atom stereocenters. The van der Waals surface area contributed by atoms with Crippen LogP contribution in [0.4, 0.5) is 5.69 Å². The molecule has 0 unspecified atom stereocenters. The number of ether oxygens (including phenoxy) is 2. The summed E-state index contributed by atoms with van der Waals surface area (Å²) in [7, 11) is 3.24. The fourth-order valence-electron chi connectivity index (χ4n) is 1.14. The average molecular weight is 221 g/mol. The van der Waals surface area contributed by atoms with Crippen LogP contribution in [0.2, 0.25) is 0 Å². The molecule has 1 aromatic carbocycles. The molecule has 0 amide bonds. The normalized spacial score (nSPS) is 10.1. The number of benzene rings is 1. The van der Waals surface area contributed by atoms with Gasteiger partial charge in [-0.1, -0.05) is 5.10 Å². The molecule has 2 aromatic rings. The van der Waals surface area contributed by atoms with E-state index in [0.717, 1.165) is 0 Å². The lowest BCUT2D eigenvalue weighted by Crippen LogP contribution is -1.98. The lowest BCUT2D eigenvalue weighted by Gasteiger charge is -2.07. The van der Waals surface area contributed by atoms with Crippen LogP contribution in [0, 0.1) is 0 Å². The number of hydrogen-bond acceptors (Lipinski definition) is 6. The van der Waals surface area contributed by atoms with E-state index in [0.29, 0.717) is 17.2 Å². The van der Waals surface area contributed by atoms with Crippen molar-refractivity contribution < 1.29 is 9.47 Å². The van der Waals surface area contributed by atoms with E-state index in [2.05, 4.69) is 15.5 Å². The fraction of sp³-hybridized carbons (Fsp3) is 0.222. The van der Waals surface area contributed by atoms with E-state index in [1.165, 1.54) is 4.68 Å². The first-order valence-electron chi connectivity index (χ1n) is 4.54. The predicted octanol–water partition coefficient (Wildman–Crippen LogP) is 0.593. The molecule has 0 bridgehead atoms. The van der Waals surface area contributed by atoms with E-state index in [9.17, 15) is 0 Å². The summed E-state index contributed by atoms with van der Waals surface area (Å²) in [5.41, 5.74) is 6.24. The maximum Gasteiger partial charge on any atom is 0.340 e. The number of hydrogen-bond donors (Lipinski definition) is 1. The molecule has 0 saturated heterocycles. The molecule has 7 nitrogen and oxygen atoms in total. The smallest absolute Gasteiger partial charge is 0.340 e. The van der Waals surface area contributed by atoms with Crippen molar-refractivity contribution in [3.05, 3.63) is 18.2 Å². The molecule has 0 spiro atoms. The van der Waals surface area contributed by atoms with Gasteiger partial charge >= 0.3 is 6.01 Å². The summed E-state index contributed by atoms with van der Waals surface area (Å²) in [5.74, 6) is 1.11. The van der Waals surface area contributed by atoms with Gasteiger partial charge in [0.2, 0.25) is 0 Å². The molecule has 7 heteroatoms. The fourth-order valence-corrected chi connectivity index (χ4v) is 1.14. The molecule has 2 rings (SSSR count). The Morgan fingerprint density at radius 1 is 1.38 bits per heavy atom. The van der Waals surface area contributed by atoms with Crippen LogP contribution in [0.25, 0.3) is 0 Å². The Kier molecular flexibility index (Phi) is 2.59. The number of anilines is 1. The molecule has 84 valence electrons. The highest BCUT2D eigenvalue weighted by molar-refractivity contribution is 5.56. The Balaban J connectivity index is 2.30. The number of aryl methyl sites for hydroxylation is 1. The number of nitrogen functional groups attached to an aromatic ring is 1. The highest BCUT2D eigenvalue weighted by atomic mass is 16.5. The van der Waals surface area contributed by atoms with Gasteiger partial charge in [0.05, 0.1) is 12.8 Å². The second-order valence-electron chi connectivity index (χ2n) is 3.09. The first kappa shape index (κ1) is 10.2. The largest absolute Gasteiger partial charge is 0.497 e. The van der Waals surface area contributed by atoms with Gasteiger partial charge in [-0.25, -0.2) is 0 Å². The van der Waals surface area contributed by atoms with Gasteiger partial charge in [0, 0.05) is 13.1 Å². The average Bonchev–Trinajstić information content (AvgIpc) is 2.68. The first-order valence-corrected chi connectivity index (χ1v) is 4.54. The monoisotopic (exact) mass is 221 g/mol. The van der Waals surface area contributed by atoms with E-state index in [1.54, 1.807) is 32.4 Å². The molecule has 0 saturated carbocycles. The molecule has 16 heavy (non-hydrogen) atoms. The van der Waals surface area contributed by atoms with Crippen molar-refractivity contribution in [2.75, 3.05) is 12.8 Å². The van der Waals surface area contributed by atoms with Crippen molar-refractivity contribution in [2.45, 2.75) is 0 Å². The Morgan fingerprint density at radius 2 is 2.19 bits per heavy atom. The van der Waals surface area contributed by atoms with Gasteiger partial charge in [0.1, 0.15) is 5.75 Å². The minimum Gasteiger partial charge on any atom is -0.497 e. The summed E-state index contributed by atoms with van der Waals surface area (Å²) in [6.07, 6.45) is 0. The third-order valence-electron chi connectivity index (χ3n) is 2.00. The van der Waals surface area contributed by atoms with E-state index in [1.807, 2.05) is 0 Å². The second kappa shape index (κ2) is 4.05. The zero-order valence-corrected chi connectivity index (χ0v) is 8.91. The zero-order chi connectivity index (χ0) is 11.5. The van der Waals surface area contributed by atoms with Gasteiger partial charge < -0.3 is 15.2 Å². The number of rotatable bonds is 3. The number of nitrogens with two attached hydrogens (primary N) is 1. The Labute approximate surface area is 91.8 Å². The van der Waals surface area contributed by atoms with Crippen molar-refractivity contribution >= 4 is 5.69 Å². The van der Waals surface area contributed by atoms with Gasteiger partial charge in [-0.15, -0.1) is 0 Å². The molecular formula is C9H11N5O2. The summed E-state index contributed by atoms with van der Waals surface area (Å²) in [5, 5.41) is 10.8. The molecule has 0 aliphatic rings. The molecule has 1 aromatic heterocycles. The maximum absolute atomic E-state index is 5.75. The van der Waals surface area contributed by atoms with Crippen LogP contribution < -0.4 is 15.2 Å². The predicted molar refractivity (Wildman–Crippen MR) is 56.3 cm³/mol.